The number of aromatic amines is 2. The second-order valence-electron chi connectivity index (χ2n) is 11.2. The second kappa shape index (κ2) is 11.8. The number of fused-ring (bicyclic) bond motifs is 2. The molecule has 44 heavy (non-hydrogen) atoms. The molecule has 0 spiro atoms. The molecule has 10 nitrogen and oxygen atoms in total. The van der Waals surface area contributed by atoms with Crippen LogP contribution in [0.4, 0.5) is 20.2 Å². The van der Waals surface area contributed by atoms with Gasteiger partial charge in [0.15, 0.2) is 5.82 Å². The molecule has 224 valence electrons. The first-order chi connectivity index (χ1) is 21.2. The van der Waals surface area contributed by atoms with Gasteiger partial charge in [-0.15, -0.1) is 0 Å². The number of hydrogen-bond acceptors (Lipinski definition) is 7. The summed E-state index contributed by atoms with van der Waals surface area (Å²) in [6.07, 6.45) is 4.69. The first-order valence-corrected chi connectivity index (χ1v) is 14.1. The van der Waals surface area contributed by atoms with Gasteiger partial charge in [-0.3, -0.25) is 19.9 Å². The SMILES string of the molecule is CC(C)C(=O)Nc1cncc(-c2cc3c(-c4nc5c(-c6cc(F)cc(NCCN(C)C)c6)nccc5[nH]4)n[nH]c3cc2F)c1. The maximum absolute atomic E-state index is 15.3. The molecule has 0 saturated carbocycles. The van der Waals surface area contributed by atoms with Gasteiger partial charge in [0.2, 0.25) is 5.91 Å². The van der Waals surface area contributed by atoms with Crippen LogP contribution in [0, 0.1) is 17.6 Å². The van der Waals surface area contributed by atoms with E-state index in [1.807, 2.05) is 25.1 Å². The molecule has 0 fully saturated rings. The third-order valence-electron chi connectivity index (χ3n) is 7.18. The fraction of sp³-hybridized carbons (Fsp3) is 0.219. The lowest BCUT2D eigenvalue weighted by Crippen LogP contribution is -2.20. The number of rotatable bonds is 9. The molecule has 0 aliphatic carbocycles. The van der Waals surface area contributed by atoms with Gasteiger partial charge in [0, 0.05) is 65.2 Å². The van der Waals surface area contributed by atoms with Gasteiger partial charge in [0.05, 0.1) is 28.6 Å². The number of nitrogens with one attached hydrogen (secondary N) is 4. The molecule has 2 aromatic carbocycles. The number of aromatic nitrogens is 6. The van der Waals surface area contributed by atoms with Crippen molar-refractivity contribution in [1.29, 1.82) is 0 Å². The summed E-state index contributed by atoms with van der Waals surface area (Å²) in [5.74, 6) is -0.799. The van der Waals surface area contributed by atoms with Gasteiger partial charge in [0.25, 0.3) is 0 Å². The number of imidazole rings is 1. The summed E-state index contributed by atoms with van der Waals surface area (Å²) in [7, 11) is 3.95. The van der Waals surface area contributed by atoms with Crippen LogP contribution in [0.3, 0.4) is 0 Å². The van der Waals surface area contributed by atoms with Crippen LogP contribution in [0.25, 0.3) is 55.8 Å². The summed E-state index contributed by atoms with van der Waals surface area (Å²) >= 11 is 0. The topological polar surface area (TPSA) is 128 Å². The molecule has 12 heteroatoms. The van der Waals surface area contributed by atoms with Gasteiger partial charge >= 0.3 is 0 Å². The zero-order valence-corrected chi connectivity index (χ0v) is 24.7. The molecule has 6 rings (SSSR count). The Morgan fingerprint density at radius 1 is 0.977 bits per heavy atom. The molecule has 0 aliphatic heterocycles. The van der Waals surface area contributed by atoms with Crippen LogP contribution < -0.4 is 10.6 Å². The minimum atomic E-state index is -0.473. The minimum absolute atomic E-state index is 0.161. The van der Waals surface area contributed by atoms with Crippen molar-refractivity contribution in [2.45, 2.75) is 13.8 Å². The molecule has 0 atom stereocenters. The number of H-pyrrole nitrogens is 2. The Balaban J connectivity index is 1.38. The van der Waals surface area contributed by atoms with Crippen LogP contribution in [0.15, 0.2) is 61.1 Å². The highest BCUT2D eigenvalue weighted by Crippen LogP contribution is 2.34. The molecule has 0 unspecified atom stereocenters. The van der Waals surface area contributed by atoms with Crippen molar-refractivity contribution in [2.75, 3.05) is 37.8 Å². The Morgan fingerprint density at radius 3 is 2.59 bits per heavy atom. The Kier molecular flexibility index (Phi) is 7.75. The van der Waals surface area contributed by atoms with E-state index in [-0.39, 0.29) is 17.6 Å². The van der Waals surface area contributed by atoms with Crippen molar-refractivity contribution >= 4 is 39.2 Å². The lowest BCUT2D eigenvalue weighted by molar-refractivity contribution is -0.118. The molecule has 4 aromatic heterocycles. The van der Waals surface area contributed by atoms with Crippen molar-refractivity contribution in [1.82, 2.24) is 35.0 Å². The Hall–Kier alpha value is -5.23. The van der Waals surface area contributed by atoms with E-state index in [4.69, 9.17) is 4.98 Å². The first kappa shape index (κ1) is 28.9. The van der Waals surface area contributed by atoms with Crippen LogP contribution in [0.1, 0.15) is 13.8 Å². The highest BCUT2D eigenvalue weighted by molar-refractivity contribution is 5.98. The highest BCUT2D eigenvalue weighted by atomic mass is 19.1. The van der Waals surface area contributed by atoms with Crippen molar-refractivity contribution in [3.63, 3.8) is 0 Å². The van der Waals surface area contributed by atoms with Gasteiger partial charge in [-0.05, 0) is 50.5 Å². The number of benzene rings is 2. The number of nitrogens with zero attached hydrogens (tertiary/aromatic N) is 5. The number of carbonyl (C=O) groups excluding carboxylic acids is 1. The summed E-state index contributed by atoms with van der Waals surface area (Å²) < 4.78 is 30.0. The van der Waals surface area contributed by atoms with E-state index in [9.17, 15) is 9.18 Å². The molecule has 0 radical (unpaired) electrons. The maximum atomic E-state index is 15.3. The standard InChI is InChI=1S/C32H31F2N9O/c1-17(2)32(44)38-22-11-19(15-35-16-22)23-13-24-27(14-25(23)34)41-42-29(24)31-39-26-5-6-37-28(30(26)40-31)18-9-20(33)12-21(10-18)36-7-8-43(3)4/h5-6,9-17,36H,7-8H2,1-4H3,(H,38,44)(H,39,40)(H,41,42). The Labute approximate surface area is 252 Å². The number of hydrogen-bond donors (Lipinski definition) is 4. The minimum Gasteiger partial charge on any atom is -0.384 e. The summed E-state index contributed by atoms with van der Waals surface area (Å²) in [5, 5.41) is 14.0. The van der Waals surface area contributed by atoms with Crippen LogP contribution >= 0.6 is 0 Å². The third kappa shape index (κ3) is 5.84. The van der Waals surface area contributed by atoms with Crippen LogP contribution in [0.2, 0.25) is 0 Å². The number of anilines is 2. The fourth-order valence-corrected chi connectivity index (χ4v) is 4.89. The number of pyridine rings is 2. The van der Waals surface area contributed by atoms with Gasteiger partial charge in [-0.2, -0.15) is 5.10 Å². The van der Waals surface area contributed by atoms with Gasteiger partial charge in [0.1, 0.15) is 22.8 Å². The summed E-state index contributed by atoms with van der Waals surface area (Å²) in [6, 6.07) is 11.2. The molecule has 0 aliphatic rings. The van der Waals surface area contributed by atoms with E-state index in [0.29, 0.717) is 73.8 Å². The second-order valence-corrected chi connectivity index (χ2v) is 11.2. The van der Waals surface area contributed by atoms with Crippen LogP contribution in [-0.2, 0) is 4.79 Å². The third-order valence-corrected chi connectivity index (χ3v) is 7.18. The summed E-state index contributed by atoms with van der Waals surface area (Å²) in [5.41, 5.74) is 5.19. The quantitative estimate of drug-likeness (QED) is 0.160. The van der Waals surface area contributed by atoms with E-state index in [1.165, 1.54) is 30.6 Å². The fourth-order valence-electron chi connectivity index (χ4n) is 4.89. The largest absolute Gasteiger partial charge is 0.384 e. The van der Waals surface area contributed by atoms with Crippen molar-refractivity contribution in [2.24, 2.45) is 5.92 Å². The van der Waals surface area contributed by atoms with Crippen molar-refractivity contribution < 1.29 is 13.6 Å². The van der Waals surface area contributed by atoms with E-state index in [2.05, 4.69) is 35.8 Å². The summed E-state index contributed by atoms with van der Waals surface area (Å²) in [4.78, 5) is 31.1. The highest BCUT2D eigenvalue weighted by Gasteiger charge is 2.19. The first-order valence-electron chi connectivity index (χ1n) is 14.1. The molecule has 0 saturated heterocycles. The van der Waals surface area contributed by atoms with E-state index < -0.39 is 5.82 Å². The van der Waals surface area contributed by atoms with Crippen molar-refractivity contribution in [3.05, 3.63) is 72.7 Å². The predicted molar refractivity (Wildman–Crippen MR) is 168 cm³/mol. The lowest BCUT2D eigenvalue weighted by atomic mass is 10.0. The average Bonchev–Trinajstić information content (AvgIpc) is 3.60. The Morgan fingerprint density at radius 2 is 1.80 bits per heavy atom. The zero-order chi connectivity index (χ0) is 31.0. The number of carbonyl (C=O) groups is 1. The smallest absolute Gasteiger partial charge is 0.226 e. The predicted octanol–water partition coefficient (Wildman–Crippen LogP) is 6.08. The molecule has 6 aromatic rings. The van der Waals surface area contributed by atoms with Gasteiger partial charge in [-0.25, -0.2) is 13.8 Å². The Bertz CT molecular complexity index is 2000. The zero-order valence-electron chi connectivity index (χ0n) is 24.7. The lowest BCUT2D eigenvalue weighted by Gasteiger charge is -2.12. The monoisotopic (exact) mass is 595 g/mol. The maximum Gasteiger partial charge on any atom is 0.226 e. The number of halogens is 2. The molecule has 1 amide bonds. The molecular formula is C32H31F2N9O. The van der Waals surface area contributed by atoms with Crippen LogP contribution in [0.5, 0.6) is 0 Å². The number of amides is 1. The normalized spacial score (nSPS) is 11.6. The van der Waals surface area contributed by atoms with E-state index in [0.717, 1.165) is 6.54 Å². The molecule has 4 heterocycles. The van der Waals surface area contributed by atoms with E-state index >= 15 is 4.39 Å². The number of likely N-dealkylation sites (N-methyl/N-ethyl adjacent to an activating group) is 1. The van der Waals surface area contributed by atoms with Crippen LogP contribution in [-0.4, -0.2) is 68.1 Å². The van der Waals surface area contributed by atoms with Crippen molar-refractivity contribution in [3.8, 4) is 33.9 Å². The average molecular weight is 596 g/mol. The molecule has 0 bridgehead atoms. The van der Waals surface area contributed by atoms with Gasteiger partial charge < -0.3 is 20.5 Å². The summed E-state index contributed by atoms with van der Waals surface area (Å²) in [6.45, 7) is 5.03. The molecular weight excluding hydrogens is 564 g/mol. The van der Waals surface area contributed by atoms with Gasteiger partial charge in [-0.1, -0.05) is 13.8 Å². The molecule has 4 N–H and O–H groups in total. The van der Waals surface area contributed by atoms with E-state index in [1.54, 1.807) is 38.2 Å².